The fourth-order valence-electron chi connectivity index (χ4n) is 5.20. The zero-order chi connectivity index (χ0) is 21.3. The molecule has 0 aromatic heterocycles. The van der Waals surface area contributed by atoms with Gasteiger partial charge in [0.2, 0.25) is 0 Å². The average molecular weight is 428 g/mol. The van der Waals surface area contributed by atoms with Gasteiger partial charge < -0.3 is 10.4 Å². The van der Waals surface area contributed by atoms with Crippen molar-refractivity contribution >= 4 is 34.7 Å². The van der Waals surface area contributed by atoms with Crippen molar-refractivity contribution in [2.24, 2.45) is 28.8 Å². The number of fused-ring (bicyclic) bond motifs is 3. The average Bonchev–Trinajstić information content (AvgIpc) is 2.75. The molecule has 5 nitrogen and oxygen atoms in total. The molecule has 30 heavy (non-hydrogen) atoms. The summed E-state index contributed by atoms with van der Waals surface area (Å²) < 4.78 is 0. The first-order chi connectivity index (χ1) is 14.5. The number of anilines is 1. The molecule has 1 aromatic rings. The smallest absolute Gasteiger partial charge is 0.303 e. The highest BCUT2D eigenvalue weighted by atomic mass is 32.1. The fraction of sp³-hybridized carbons (Fsp3) is 0.542. The molecule has 4 rings (SSSR count). The van der Waals surface area contributed by atoms with Crippen LogP contribution in [0.25, 0.3) is 0 Å². The van der Waals surface area contributed by atoms with E-state index in [9.17, 15) is 4.79 Å². The van der Waals surface area contributed by atoms with Gasteiger partial charge in [0.15, 0.2) is 5.11 Å². The number of para-hydroxylation sites is 1. The molecule has 2 bridgehead atoms. The van der Waals surface area contributed by atoms with E-state index in [0.717, 1.165) is 30.2 Å². The Labute approximate surface area is 185 Å². The summed E-state index contributed by atoms with van der Waals surface area (Å²) in [5.74, 6) is 1.87. The molecule has 3 fully saturated rings. The molecule has 2 atom stereocenters. The van der Waals surface area contributed by atoms with Gasteiger partial charge in [0.25, 0.3) is 0 Å². The lowest BCUT2D eigenvalue weighted by molar-refractivity contribution is -0.137. The van der Waals surface area contributed by atoms with Gasteiger partial charge in [0, 0.05) is 23.7 Å². The van der Waals surface area contributed by atoms with E-state index in [-0.39, 0.29) is 6.42 Å². The molecule has 0 radical (unpaired) electrons. The van der Waals surface area contributed by atoms with Crippen molar-refractivity contribution in [3.8, 4) is 0 Å². The van der Waals surface area contributed by atoms with Crippen LogP contribution in [0, 0.1) is 23.7 Å². The largest absolute Gasteiger partial charge is 0.481 e. The Balaban J connectivity index is 1.56. The van der Waals surface area contributed by atoms with Crippen LogP contribution < -0.4 is 10.7 Å². The molecule has 0 heterocycles. The number of nitrogens with one attached hydrogen (secondary N) is 2. The third-order valence-electron chi connectivity index (χ3n) is 6.58. The van der Waals surface area contributed by atoms with Gasteiger partial charge in [-0.2, -0.15) is 5.10 Å². The van der Waals surface area contributed by atoms with Crippen LogP contribution in [0.15, 0.2) is 47.6 Å². The lowest BCUT2D eigenvalue weighted by Gasteiger charge is -2.48. The molecule has 0 saturated heterocycles. The summed E-state index contributed by atoms with van der Waals surface area (Å²) in [4.78, 5) is 10.6. The first-order valence-corrected chi connectivity index (χ1v) is 11.5. The number of hydrogen-bond acceptors (Lipinski definition) is 3. The number of aliphatic carboxylic acids is 1. The first kappa shape index (κ1) is 22.5. The first-order valence-electron chi connectivity index (χ1n) is 11.1. The van der Waals surface area contributed by atoms with Crippen LogP contribution in [-0.4, -0.2) is 21.9 Å². The molecule has 6 heteroatoms. The Morgan fingerprint density at radius 2 is 1.87 bits per heavy atom. The second kappa shape index (κ2) is 11.3. The number of carboxylic acid groups (broad SMARTS) is 1. The van der Waals surface area contributed by atoms with Gasteiger partial charge in [-0.05, 0) is 94.0 Å². The van der Waals surface area contributed by atoms with Crippen molar-refractivity contribution in [1.29, 1.82) is 0 Å². The van der Waals surface area contributed by atoms with E-state index in [1.165, 1.54) is 25.7 Å². The van der Waals surface area contributed by atoms with Crippen LogP contribution in [-0.2, 0) is 4.79 Å². The molecular formula is C24H33N3O2S. The summed E-state index contributed by atoms with van der Waals surface area (Å²) >= 11 is 5.40. The fourth-order valence-corrected chi connectivity index (χ4v) is 5.36. The summed E-state index contributed by atoms with van der Waals surface area (Å²) in [6, 6.07) is 9.87. The molecule has 162 valence electrons. The highest BCUT2D eigenvalue weighted by Crippen LogP contribution is 2.50. The van der Waals surface area contributed by atoms with Gasteiger partial charge in [0.1, 0.15) is 0 Å². The molecule has 0 amide bonds. The molecule has 3 aliphatic rings. The van der Waals surface area contributed by atoms with E-state index in [2.05, 4.69) is 34.9 Å². The SMILES string of the molecule is CC(=NNC(=S)Nc1ccccc1)[C@H]1C2CCC(CC2)[C@@H]1C/C=C\CCCC(=O)O. The van der Waals surface area contributed by atoms with Gasteiger partial charge in [-0.1, -0.05) is 30.4 Å². The minimum absolute atomic E-state index is 0.245. The predicted octanol–water partition coefficient (Wildman–Crippen LogP) is 5.60. The van der Waals surface area contributed by atoms with E-state index in [1.54, 1.807) is 0 Å². The van der Waals surface area contributed by atoms with Gasteiger partial charge >= 0.3 is 5.97 Å². The number of nitrogens with zero attached hydrogens (tertiary/aromatic N) is 1. The number of benzene rings is 1. The summed E-state index contributed by atoms with van der Waals surface area (Å²) in [6.45, 7) is 2.13. The minimum atomic E-state index is -0.716. The summed E-state index contributed by atoms with van der Waals surface area (Å²) in [6.07, 6.45) is 12.5. The summed E-state index contributed by atoms with van der Waals surface area (Å²) in [7, 11) is 0. The van der Waals surface area contributed by atoms with Crippen LogP contribution in [0.2, 0.25) is 0 Å². The van der Waals surface area contributed by atoms with E-state index >= 15 is 0 Å². The van der Waals surface area contributed by atoms with E-state index in [0.29, 0.717) is 29.3 Å². The molecule has 3 aliphatic carbocycles. The second-order valence-electron chi connectivity index (χ2n) is 8.54. The van der Waals surface area contributed by atoms with Crippen LogP contribution in [0.4, 0.5) is 5.69 Å². The van der Waals surface area contributed by atoms with Crippen molar-refractivity contribution in [1.82, 2.24) is 5.43 Å². The number of unbranched alkanes of at least 4 members (excludes halogenated alkanes) is 1. The zero-order valence-corrected chi connectivity index (χ0v) is 18.5. The highest BCUT2D eigenvalue weighted by Gasteiger charge is 2.44. The number of thiocarbonyl (C=S) groups is 1. The molecule has 0 spiro atoms. The second-order valence-corrected chi connectivity index (χ2v) is 8.95. The molecule has 3 N–H and O–H groups in total. The monoisotopic (exact) mass is 427 g/mol. The molecule has 3 saturated carbocycles. The van der Waals surface area contributed by atoms with Crippen molar-refractivity contribution < 1.29 is 9.90 Å². The Morgan fingerprint density at radius 1 is 1.17 bits per heavy atom. The minimum Gasteiger partial charge on any atom is -0.481 e. The zero-order valence-electron chi connectivity index (χ0n) is 17.7. The third kappa shape index (κ3) is 6.39. The number of carbonyl (C=O) groups is 1. The number of rotatable bonds is 9. The standard InChI is InChI=1S/C24H33N3O2S/c1-17(26-27-24(30)25-20-9-5-4-6-10-20)23-19-15-13-18(14-16-19)21(23)11-7-2-3-8-12-22(28)29/h2,4-7,9-10,18-19,21,23H,3,8,11-16H2,1H3,(H,28,29)(H2,25,27,30)/b7-2-,26-17?/t18?,19?,21-,23-/m0/s1. The van der Waals surface area contributed by atoms with Crippen LogP contribution in [0.3, 0.4) is 0 Å². The van der Waals surface area contributed by atoms with Crippen molar-refractivity contribution in [3.05, 3.63) is 42.5 Å². The van der Waals surface area contributed by atoms with E-state index in [1.807, 2.05) is 30.3 Å². The summed E-state index contributed by atoms with van der Waals surface area (Å²) in [5.41, 5.74) is 5.13. The van der Waals surface area contributed by atoms with E-state index < -0.39 is 5.97 Å². The van der Waals surface area contributed by atoms with Crippen LogP contribution in [0.1, 0.15) is 58.3 Å². The van der Waals surface area contributed by atoms with Crippen molar-refractivity contribution in [3.63, 3.8) is 0 Å². The number of hydrazone groups is 1. The van der Waals surface area contributed by atoms with Gasteiger partial charge in [-0.25, -0.2) is 0 Å². The molecule has 0 aliphatic heterocycles. The van der Waals surface area contributed by atoms with Gasteiger partial charge in [0.05, 0.1) is 0 Å². The topological polar surface area (TPSA) is 73.7 Å². The maximum Gasteiger partial charge on any atom is 0.303 e. The maximum atomic E-state index is 10.6. The Bertz CT molecular complexity index is 770. The third-order valence-corrected chi connectivity index (χ3v) is 6.77. The van der Waals surface area contributed by atoms with Gasteiger partial charge in [-0.15, -0.1) is 0 Å². The Morgan fingerprint density at radius 3 is 2.57 bits per heavy atom. The lowest BCUT2D eigenvalue weighted by atomic mass is 9.56. The quantitative estimate of drug-likeness (QED) is 0.157. The summed E-state index contributed by atoms with van der Waals surface area (Å²) in [5, 5.41) is 17.1. The van der Waals surface area contributed by atoms with Crippen molar-refractivity contribution in [2.45, 2.75) is 58.3 Å². The van der Waals surface area contributed by atoms with Crippen LogP contribution >= 0.6 is 12.2 Å². The predicted molar refractivity (Wildman–Crippen MR) is 127 cm³/mol. The molecule has 1 aromatic carbocycles. The molecule has 0 unspecified atom stereocenters. The van der Waals surface area contributed by atoms with Gasteiger partial charge in [-0.3, -0.25) is 10.2 Å². The highest BCUT2D eigenvalue weighted by molar-refractivity contribution is 7.80. The normalized spacial score (nSPS) is 26.0. The van der Waals surface area contributed by atoms with Crippen molar-refractivity contribution in [2.75, 3.05) is 5.32 Å². The Hall–Kier alpha value is -2.21. The van der Waals surface area contributed by atoms with E-state index in [4.69, 9.17) is 17.3 Å². The number of hydrogen-bond donors (Lipinski definition) is 3. The lowest BCUT2D eigenvalue weighted by Crippen LogP contribution is -2.43. The number of carboxylic acids is 1. The van der Waals surface area contributed by atoms with Crippen LogP contribution in [0.5, 0.6) is 0 Å². The molecular weight excluding hydrogens is 394 g/mol. The number of allylic oxidation sites excluding steroid dienone is 2. The Kier molecular flexibility index (Phi) is 8.43. The maximum absolute atomic E-state index is 10.6.